The molecule has 1 aliphatic heterocycles. The number of imide groups is 1. The van der Waals surface area contributed by atoms with Crippen LogP contribution in [0, 0.1) is 0 Å². The van der Waals surface area contributed by atoms with E-state index >= 15 is 0 Å². The van der Waals surface area contributed by atoms with Crippen LogP contribution in [-0.4, -0.2) is 16.9 Å². The maximum Gasteiger partial charge on any atom is 0.285 e. The fourth-order valence-electron chi connectivity index (χ4n) is 2.93. The van der Waals surface area contributed by atoms with Gasteiger partial charge in [0.15, 0.2) is 0 Å². The Bertz CT molecular complexity index is 945. The van der Waals surface area contributed by atoms with Gasteiger partial charge in [-0.15, -0.1) is 5.06 Å². The van der Waals surface area contributed by atoms with Gasteiger partial charge in [-0.1, -0.05) is 42.5 Å². The Morgan fingerprint density at radius 3 is 2.29 bits per heavy atom. The van der Waals surface area contributed by atoms with Crippen molar-refractivity contribution in [2.24, 2.45) is 0 Å². The topological polar surface area (TPSA) is 72.6 Å². The van der Waals surface area contributed by atoms with E-state index in [2.05, 4.69) is 0 Å². The van der Waals surface area contributed by atoms with E-state index < -0.39 is 11.8 Å². The van der Waals surface area contributed by atoms with Gasteiger partial charge in [0.1, 0.15) is 6.61 Å². The van der Waals surface area contributed by atoms with Crippen LogP contribution in [0.4, 0.5) is 5.69 Å². The van der Waals surface area contributed by atoms with Gasteiger partial charge < -0.3 is 5.73 Å². The van der Waals surface area contributed by atoms with Gasteiger partial charge in [0.25, 0.3) is 11.8 Å². The molecular weight excluding hydrogens is 304 g/mol. The van der Waals surface area contributed by atoms with Crippen LogP contribution in [0.3, 0.4) is 0 Å². The van der Waals surface area contributed by atoms with Crippen LogP contribution in [0.1, 0.15) is 26.3 Å². The van der Waals surface area contributed by atoms with Gasteiger partial charge in [0.05, 0.1) is 11.1 Å². The maximum atomic E-state index is 12.7. The zero-order valence-electron chi connectivity index (χ0n) is 12.7. The van der Waals surface area contributed by atoms with Crippen LogP contribution < -0.4 is 5.73 Å². The number of hydrogen-bond donors (Lipinski definition) is 1. The molecule has 0 unspecified atom stereocenters. The van der Waals surface area contributed by atoms with Crippen LogP contribution in [0.25, 0.3) is 10.8 Å². The van der Waals surface area contributed by atoms with Crippen LogP contribution in [0.5, 0.6) is 0 Å². The number of anilines is 1. The second kappa shape index (κ2) is 5.47. The Hall–Kier alpha value is -3.18. The molecule has 3 aromatic rings. The molecule has 5 nitrogen and oxygen atoms in total. The number of carbonyl (C=O) groups is 2. The van der Waals surface area contributed by atoms with E-state index in [-0.39, 0.29) is 6.61 Å². The molecule has 0 aliphatic carbocycles. The minimum absolute atomic E-state index is 0.138. The molecule has 1 aliphatic rings. The predicted molar refractivity (Wildman–Crippen MR) is 90.1 cm³/mol. The quantitative estimate of drug-likeness (QED) is 0.595. The first-order valence-corrected chi connectivity index (χ1v) is 7.53. The normalized spacial score (nSPS) is 13.6. The molecule has 0 fully saturated rings. The molecule has 1 heterocycles. The molecule has 2 N–H and O–H groups in total. The third kappa shape index (κ3) is 2.14. The number of benzene rings is 3. The Morgan fingerprint density at radius 1 is 0.833 bits per heavy atom. The molecule has 0 saturated carbocycles. The van der Waals surface area contributed by atoms with E-state index in [0.29, 0.717) is 27.6 Å². The zero-order valence-corrected chi connectivity index (χ0v) is 12.7. The minimum atomic E-state index is -0.473. The highest BCUT2D eigenvalue weighted by Gasteiger charge is 2.34. The highest BCUT2D eigenvalue weighted by molar-refractivity contribution is 6.26. The number of amides is 2. The van der Waals surface area contributed by atoms with Crippen molar-refractivity contribution in [2.45, 2.75) is 6.61 Å². The van der Waals surface area contributed by atoms with Gasteiger partial charge in [0, 0.05) is 16.5 Å². The highest BCUT2D eigenvalue weighted by Crippen LogP contribution is 2.33. The second-order valence-electron chi connectivity index (χ2n) is 5.59. The third-order valence-electron chi connectivity index (χ3n) is 4.11. The Labute approximate surface area is 138 Å². The second-order valence-corrected chi connectivity index (χ2v) is 5.59. The summed E-state index contributed by atoms with van der Waals surface area (Å²) in [5, 5.41) is 2.13. The van der Waals surface area contributed by atoms with Crippen molar-refractivity contribution in [3.05, 3.63) is 77.4 Å². The van der Waals surface area contributed by atoms with E-state index in [9.17, 15) is 9.59 Å². The highest BCUT2D eigenvalue weighted by atomic mass is 16.7. The summed E-state index contributed by atoms with van der Waals surface area (Å²) in [6.45, 7) is 0.138. The van der Waals surface area contributed by atoms with E-state index in [4.69, 9.17) is 10.6 Å². The van der Waals surface area contributed by atoms with Gasteiger partial charge in [-0.25, -0.2) is 0 Å². The lowest BCUT2D eigenvalue weighted by atomic mass is 9.94. The molecule has 0 saturated heterocycles. The lowest BCUT2D eigenvalue weighted by Gasteiger charge is -2.26. The molecule has 24 heavy (non-hydrogen) atoms. The molecule has 2 amide bonds. The summed E-state index contributed by atoms with van der Waals surface area (Å²) < 4.78 is 0. The first kappa shape index (κ1) is 14.4. The number of hydroxylamine groups is 2. The van der Waals surface area contributed by atoms with Crippen molar-refractivity contribution in [3.63, 3.8) is 0 Å². The summed E-state index contributed by atoms with van der Waals surface area (Å²) in [6, 6.07) is 17.9. The smallest absolute Gasteiger partial charge is 0.285 e. The van der Waals surface area contributed by atoms with Crippen molar-refractivity contribution in [2.75, 3.05) is 5.73 Å². The van der Waals surface area contributed by atoms with Crippen LogP contribution in [-0.2, 0) is 11.4 Å². The Balaban J connectivity index is 1.74. The van der Waals surface area contributed by atoms with Gasteiger partial charge in [-0.2, -0.15) is 0 Å². The third-order valence-corrected chi connectivity index (χ3v) is 4.11. The minimum Gasteiger partial charge on any atom is -0.398 e. The lowest BCUT2D eigenvalue weighted by molar-refractivity contribution is -0.104. The van der Waals surface area contributed by atoms with Gasteiger partial charge in [-0.3, -0.25) is 14.4 Å². The fourth-order valence-corrected chi connectivity index (χ4v) is 2.93. The first-order valence-electron chi connectivity index (χ1n) is 7.53. The summed E-state index contributed by atoms with van der Waals surface area (Å²) in [4.78, 5) is 30.9. The van der Waals surface area contributed by atoms with Crippen molar-refractivity contribution in [1.29, 1.82) is 0 Å². The summed E-state index contributed by atoms with van der Waals surface area (Å²) >= 11 is 0. The summed E-state index contributed by atoms with van der Waals surface area (Å²) in [5.74, 6) is -0.945. The summed E-state index contributed by atoms with van der Waals surface area (Å²) in [7, 11) is 0. The molecule has 0 radical (unpaired) electrons. The Morgan fingerprint density at radius 2 is 1.54 bits per heavy atom. The SMILES string of the molecule is Nc1ccc2c3c(cccc13)C(=O)N(OCc1ccccc1)C2=O. The summed E-state index contributed by atoms with van der Waals surface area (Å²) in [6.07, 6.45) is 0. The average molecular weight is 318 g/mol. The molecule has 4 rings (SSSR count). The maximum absolute atomic E-state index is 12.7. The van der Waals surface area contributed by atoms with Gasteiger partial charge >= 0.3 is 0 Å². The number of hydrogen-bond acceptors (Lipinski definition) is 4. The van der Waals surface area contributed by atoms with Gasteiger partial charge in [0.2, 0.25) is 0 Å². The molecule has 0 aromatic heterocycles. The number of carbonyl (C=O) groups excluding carboxylic acids is 2. The van der Waals surface area contributed by atoms with E-state index in [0.717, 1.165) is 10.6 Å². The summed E-state index contributed by atoms with van der Waals surface area (Å²) in [5.41, 5.74) is 8.21. The van der Waals surface area contributed by atoms with Crippen LogP contribution in [0.2, 0.25) is 0 Å². The standard InChI is InChI=1S/C19H14N2O3/c20-16-10-9-15-17-13(16)7-4-8-14(17)18(22)21(19(15)23)24-11-12-5-2-1-3-6-12/h1-10H,11,20H2. The molecular formula is C19H14N2O3. The largest absolute Gasteiger partial charge is 0.398 e. The van der Waals surface area contributed by atoms with Crippen molar-refractivity contribution >= 4 is 28.3 Å². The molecule has 118 valence electrons. The van der Waals surface area contributed by atoms with Crippen LogP contribution >= 0.6 is 0 Å². The zero-order chi connectivity index (χ0) is 16.7. The molecule has 0 atom stereocenters. The number of nitrogens with two attached hydrogens (primary N) is 1. The van der Waals surface area contributed by atoms with Crippen LogP contribution in [0.15, 0.2) is 60.7 Å². The molecule has 0 spiro atoms. The number of nitrogens with zero attached hydrogens (tertiary/aromatic N) is 1. The molecule has 3 aromatic carbocycles. The van der Waals surface area contributed by atoms with Crippen molar-refractivity contribution in [3.8, 4) is 0 Å². The first-order chi connectivity index (χ1) is 11.7. The lowest BCUT2D eigenvalue weighted by Crippen LogP contribution is -2.40. The fraction of sp³-hybridized carbons (Fsp3) is 0.0526. The number of nitrogen functional groups attached to an aromatic ring is 1. The van der Waals surface area contributed by atoms with E-state index in [1.807, 2.05) is 30.3 Å². The molecule has 0 bridgehead atoms. The van der Waals surface area contributed by atoms with E-state index in [1.165, 1.54) is 0 Å². The Kier molecular flexibility index (Phi) is 3.29. The van der Waals surface area contributed by atoms with Crippen molar-refractivity contribution in [1.82, 2.24) is 5.06 Å². The molecule has 5 heteroatoms. The predicted octanol–water partition coefficient (Wildman–Crippen LogP) is 3.15. The van der Waals surface area contributed by atoms with Gasteiger partial charge in [-0.05, 0) is 23.8 Å². The average Bonchev–Trinajstić information content (AvgIpc) is 2.61. The monoisotopic (exact) mass is 318 g/mol. The number of rotatable bonds is 3. The van der Waals surface area contributed by atoms with E-state index in [1.54, 1.807) is 30.3 Å². The van der Waals surface area contributed by atoms with Crippen molar-refractivity contribution < 1.29 is 14.4 Å².